The monoisotopic (exact) mass is 274 g/mol. The van der Waals surface area contributed by atoms with E-state index in [0.29, 0.717) is 11.3 Å². The van der Waals surface area contributed by atoms with Crippen molar-refractivity contribution in [3.05, 3.63) is 52.6 Å². The minimum Gasteiger partial charge on any atom is -0.354 e. The first-order valence-corrected chi connectivity index (χ1v) is 5.85. The third-order valence-electron chi connectivity index (χ3n) is 3.01. The fourth-order valence-electron chi connectivity index (χ4n) is 1.99. The van der Waals surface area contributed by atoms with E-state index in [4.69, 9.17) is 9.37 Å². The molecule has 102 valence electrons. The fourth-order valence-corrected chi connectivity index (χ4v) is 1.99. The SMILES string of the molecule is [2H]C([2H])([2H])n1cc(C)c(C(=O)Nc2ccc(F)c(C#N)c2)c1C. The Morgan fingerprint density at radius 1 is 1.50 bits per heavy atom. The molecule has 0 spiro atoms. The number of anilines is 1. The average molecular weight is 274 g/mol. The number of amides is 1. The van der Waals surface area contributed by atoms with Crippen LogP contribution in [0.25, 0.3) is 0 Å². The Kier molecular flexibility index (Phi) is 2.64. The average Bonchev–Trinajstić information content (AvgIpc) is 2.76. The molecule has 1 heterocycles. The van der Waals surface area contributed by atoms with Crippen LogP contribution in [0.1, 0.15) is 31.3 Å². The van der Waals surface area contributed by atoms with E-state index in [1.54, 1.807) is 19.9 Å². The van der Waals surface area contributed by atoms with Gasteiger partial charge in [-0.2, -0.15) is 5.26 Å². The van der Waals surface area contributed by atoms with Crippen molar-refractivity contribution in [1.82, 2.24) is 4.57 Å². The Morgan fingerprint density at radius 3 is 2.85 bits per heavy atom. The topological polar surface area (TPSA) is 57.8 Å². The number of aryl methyl sites for hydroxylation is 2. The van der Waals surface area contributed by atoms with Crippen molar-refractivity contribution in [2.24, 2.45) is 6.98 Å². The number of nitriles is 1. The van der Waals surface area contributed by atoms with E-state index in [1.807, 2.05) is 0 Å². The summed E-state index contributed by atoms with van der Waals surface area (Å²) >= 11 is 0. The summed E-state index contributed by atoms with van der Waals surface area (Å²) in [6.45, 7) is 0.798. The number of hydrogen-bond donors (Lipinski definition) is 1. The Bertz CT molecular complexity index is 819. The number of aromatic nitrogens is 1. The second kappa shape index (κ2) is 5.17. The second-order valence-corrected chi connectivity index (χ2v) is 4.40. The molecule has 2 aromatic rings. The predicted molar refractivity (Wildman–Crippen MR) is 74.0 cm³/mol. The number of nitrogens with one attached hydrogen (secondary N) is 1. The third-order valence-corrected chi connectivity index (χ3v) is 3.01. The minimum atomic E-state index is -2.38. The molecule has 0 radical (unpaired) electrons. The summed E-state index contributed by atoms with van der Waals surface area (Å²) in [6.07, 6.45) is 1.39. The zero-order valence-electron chi connectivity index (χ0n) is 14.0. The van der Waals surface area contributed by atoms with Crippen LogP contribution in [0.4, 0.5) is 10.1 Å². The molecule has 4 nitrogen and oxygen atoms in total. The maximum absolute atomic E-state index is 13.3. The Labute approximate surface area is 120 Å². The number of halogens is 1. The summed E-state index contributed by atoms with van der Waals surface area (Å²) in [5.41, 5.74) is 1.13. The summed E-state index contributed by atoms with van der Waals surface area (Å²) < 4.78 is 36.7. The number of carbonyl (C=O) groups excluding carboxylic acids is 1. The molecule has 0 saturated heterocycles. The van der Waals surface area contributed by atoms with E-state index in [9.17, 15) is 9.18 Å². The van der Waals surface area contributed by atoms with Crippen molar-refractivity contribution in [3.63, 3.8) is 0 Å². The highest BCUT2D eigenvalue weighted by atomic mass is 19.1. The van der Waals surface area contributed by atoms with Gasteiger partial charge in [0.2, 0.25) is 0 Å². The van der Waals surface area contributed by atoms with Crippen molar-refractivity contribution >= 4 is 11.6 Å². The predicted octanol–water partition coefficient (Wildman–Crippen LogP) is 2.91. The summed E-state index contributed by atoms with van der Waals surface area (Å²) in [6, 6.07) is 5.33. The molecule has 5 heteroatoms. The maximum atomic E-state index is 13.3. The standard InChI is InChI=1S/C15H14FN3O/c1-9-8-19(3)10(2)14(9)15(20)18-12-4-5-13(16)11(6-12)7-17/h4-6,8H,1-3H3,(H,18,20)/i3D3. The van der Waals surface area contributed by atoms with Crippen LogP contribution >= 0.6 is 0 Å². The highest BCUT2D eigenvalue weighted by molar-refractivity contribution is 6.06. The van der Waals surface area contributed by atoms with Crippen LogP contribution in [0.3, 0.4) is 0 Å². The van der Waals surface area contributed by atoms with Gasteiger partial charge in [0.15, 0.2) is 0 Å². The fraction of sp³-hybridized carbons (Fsp3) is 0.200. The summed E-state index contributed by atoms with van der Waals surface area (Å²) in [7, 11) is 0. The lowest BCUT2D eigenvalue weighted by atomic mass is 10.1. The van der Waals surface area contributed by atoms with Crippen LogP contribution in [-0.2, 0) is 6.98 Å². The Morgan fingerprint density at radius 2 is 2.25 bits per heavy atom. The minimum absolute atomic E-state index is 0.184. The van der Waals surface area contributed by atoms with Gasteiger partial charge in [-0.3, -0.25) is 4.79 Å². The van der Waals surface area contributed by atoms with Crippen LogP contribution in [0.15, 0.2) is 24.4 Å². The molecule has 2 rings (SSSR count). The van der Waals surface area contributed by atoms with Gasteiger partial charge < -0.3 is 9.88 Å². The smallest absolute Gasteiger partial charge is 0.257 e. The highest BCUT2D eigenvalue weighted by Crippen LogP contribution is 2.19. The zero-order chi connectivity index (χ0) is 17.4. The van der Waals surface area contributed by atoms with Gasteiger partial charge in [-0.25, -0.2) is 4.39 Å². The number of benzene rings is 1. The quantitative estimate of drug-likeness (QED) is 0.915. The second-order valence-electron chi connectivity index (χ2n) is 4.40. The lowest BCUT2D eigenvalue weighted by Gasteiger charge is -2.07. The molecule has 20 heavy (non-hydrogen) atoms. The van der Waals surface area contributed by atoms with Crippen molar-refractivity contribution in [1.29, 1.82) is 5.26 Å². The molecule has 0 unspecified atom stereocenters. The molecule has 0 aliphatic carbocycles. The first-order chi connectivity index (χ1) is 10.6. The molecule has 1 amide bonds. The van der Waals surface area contributed by atoms with Crippen LogP contribution < -0.4 is 5.32 Å². The van der Waals surface area contributed by atoms with E-state index in [2.05, 4.69) is 5.32 Å². The van der Waals surface area contributed by atoms with Gasteiger partial charge in [0, 0.05) is 28.7 Å². The molecule has 0 aliphatic heterocycles. The van der Waals surface area contributed by atoms with Gasteiger partial charge >= 0.3 is 0 Å². The Balaban J connectivity index is 2.36. The normalized spacial score (nSPS) is 13.0. The van der Waals surface area contributed by atoms with Gasteiger partial charge in [0.25, 0.3) is 5.91 Å². The molecular weight excluding hydrogens is 257 g/mol. The summed E-state index contributed by atoms with van der Waals surface area (Å²) in [5, 5.41) is 11.4. The van der Waals surface area contributed by atoms with E-state index in [-0.39, 0.29) is 16.8 Å². The lowest BCUT2D eigenvalue weighted by Crippen LogP contribution is -2.14. The van der Waals surface area contributed by atoms with Crippen LogP contribution in [0, 0.1) is 31.0 Å². The molecule has 0 saturated carbocycles. The van der Waals surface area contributed by atoms with Crippen molar-refractivity contribution < 1.29 is 13.3 Å². The largest absolute Gasteiger partial charge is 0.354 e. The highest BCUT2D eigenvalue weighted by Gasteiger charge is 2.16. The lowest BCUT2D eigenvalue weighted by molar-refractivity contribution is 0.102. The molecule has 0 bridgehead atoms. The van der Waals surface area contributed by atoms with E-state index in [0.717, 1.165) is 10.6 Å². The third kappa shape index (κ3) is 2.41. The van der Waals surface area contributed by atoms with Crippen molar-refractivity contribution in [2.45, 2.75) is 13.8 Å². The van der Waals surface area contributed by atoms with Crippen LogP contribution in [0.2, 0.25) is 0 Å². The molecule has 1 N–H and O–H groups in total. The molecule has 0 fully saturated rings. The van der Waals surface area contributed by atoms with Gasteiger partial charge in [0.05, 0.1) is 11.1 Å². The summed E-state index contributed by atoms with van der Waals surface area (Å²) in [5.74, 6) is -1.19. The first-order valence-electron chi connectivity index (χ1n) is 7.35. The Hall–Kier alpha value is -2.61. The number of hydrogen-bond acceptors (Lipinski definition) is 2. The molecule has 0 atom stereocenters. The van der Waals surface area contributed by atoms with E-state index >= 15 is 0 Å². The van der Waals surface area contributed by atoms with Crippen LogP contribution in [0.5, 0.6) is 0 Å². The van der Waals surface area contributed by atoms with Crippen LogP contribution in [-0.4, -0.2) is 10.5 Å². The van der Waals surface area contributed by atoms with Crippen molar-refractivity contribution in [2.75, 3.05) is 5.32 Å². The summed E-state index contributed by atoms with van der Waals surface area (Å²) in [4.78, 5) is 12.4. The van der Waals surface area contributed by atoms with Gasteiger partial charge in [-0.15, -0.1) is 0 Å². The molecule has 1 aromatic carbocycles. The molecular formula is C15H14FN3O. The van der Waals surface area contributed by atoms with Crippen molar-refractivity contribution in [3.8, 4) is 6.07 Å². The molecule has 0 aliphatic rings. The first kappa shape index (κ1) is 10.2. The number of rotatable bonds is 2. The van der Waals surface area contributed by atoms with E-state index < -0.39 is 18.7 Å². The number of nitrogens with zero attached hydrogens (tertiary/aromatic N) is 2. The van der Waals surface area contributed by atoms with Gasteiger partial charge in [0.1, 0.15) is 11.9 Å². The van der Waals surface area contributed by atoms with E-state index in [1.165, 1.54) is 18.3 Å². The van der Waals surface area contributed by atoms with Gasteiger partial charge in [-0.05, 0) is 37.6 Å². The number of carbonyl (C=O) groups is 1. The zero-order valence-corrected chi connectivity index (χ0v) is 11.0. The molecule has 1 aromatic heterocycles. The van der Waals surface area contributed by atoms with Gasteiger partial charge in [-0.1, -0.05) is 0 Å². The maximum Gasteiger partial charge on any atom is 0.257 e.